The molecule has 2 aromatic heterocycles. The highest BCUT2D eigenvalue weighted by Gasteiger charge is 2.29. The summed E-state index contributed by atoms with van der Waals surface area (Å²) in [6, 6.07) is 4.10. The van der Waals surface area contributed by atoms with Crippen molar-refractivity contribution in [2.75, 3.05) is 6.61 Å². The Morgan fingerprint density at radius 3 is 3.10 bits per heavy atom. The number of thiophene rings is 1. The number of aliphatic hydroxyl groups excluding tert-OH is 1. The van der Waals surface area contributed by atoms with Crippen LogP contribution in [-0.2, 0) is 0 Å². The SMILES string of the molecule is Cc1nc(-c2cccs2)sc1C(=O)NC1CCCC1CO. The predicted octanol–water partition coefficient (Wildman–Crippen LogP) is 3.07. The van der Waals surface area contributed by atoms with Crippen molar-refractivity contribution in [1.82, 2.24) is 10.3 Å². The van der Waals surface area contributed by atoms with E-state index in [0.29, 0.717) is 4.88 Å². The lowest BCUT2D eigenvalue weighted by Gasteiger charge is -2.18. The van der Waals surface area contributed by atoms with Gasteiger partial charge < -0.3 is 10.4 Å². The smallest absolute Gasteiger partial charge is 0.263 e. The Morgan fingerprint density at radius 2 is 2.38 bits per heavy atom. The Bertz CT molecular complexity index is 622. The molecule has 6 heteroatoms. The number of nitrogens with one attached hydrogen (secondary N) is 1. The molecule has 1 aliphatic carbocycles. The Kier molecular flexibility index (Phi) is 4.37. The maximum absolute atomic E-state index is 12.4. The van der Waals surface area contributed by atoms with Crippen LogP contribution < -0.4 is 5.32 Å². The van der Waals surface area contributed by atoms with Crippen LogP contribution in [0.2, 0.25) is 0 Å². The second-order valence-electron chi connectivity index (χ2n) is 5.36. The lowest BCUT2D eigenvalue weighted by Crippen LogP contribution is -2.38. The third-order valence-electron chi connectivity index (χ3n) is 3.94. The van der Waals surface area contributed by atoms with Crippen LogP contribution in [0.5, 0.6) is 0 Å². The molecule has 2 aromatic rings. The molecule has 0 spiro atoms. The van der Waals surface area contributed by atoms with Crippen molar-refractivity contribution in [2.45, 2.75) is 32.2 Å². The quantitative estimate of drug-likeness (QED) is 0.909. The first-order valence-corrected chi connectivity index (χ1v) is 8.81. The van der Waals surface area contributed by atoms with Gasteiger partial charge in [0.15, 0.2) is 0 Å². The van der Waals surface area contributed by atoms with Gasteiger partial charge in [0.2, 0.25) is 0 Å². The number of nitrogens with zero attached hydrogens (tertiary/aromatic N) is 1. The molecule has 2 heterocycles. The molecule has 1 fully saturated rings. The number of hydrogen-bond donors (Lipinski definition) is 2. The molecular weight excluding hydrogens is 304 g/mol. The zero-order chi connectivity index (χ0) is 14.8. The number of carbonyl (C=O) groups is 1. The Balaban J connectivity index is 1.76. The van der Waals surface area contributed by atoms with Gasteiger partial charge in [-0.3, -0.25) is 4.79 Å². The number of amides is 1. The number of hydrogen-bond acceptors (Lipinski definition) is 5. The molecule has 2 N–H and O–H groups in total. The van der Waals surface area contributed by atoms with Gasteiger partial charge in [0, 0.05) is 18.6 Å². The fraction of sp³-hybridized carbons (Fsp3) is 0.467. The number of thiazole rings is 1. The van der Waals surface area contributed by atoms with Crippen molar-refractivity contribution in [2.24, 2.45) is 5.92 Å². The molecule has 112 valence electrons. The first kappa shape index (κ1) is 14.7. The van der Waals surface area contributed by atoms with Crippen LogP contribution in [0.3, 0.4) is 0 Å². The monoisotopic (exact) mass is 322 g/mol. The topological polar surface area (TPSA) is 62.2 Å². The van der Waals surface area contributed by atoms with Gasteiger partial charge >= 0.3 is 0 Å². The minimum Gasteiger partial charge on any atom is -0.396 e. The second kappa shape index (κ2) is 6.25. The van der Waals surface area contributed by atoms with Gasteiger partial charge in [0.05, 0.1) is 10.6 Å². The van der Waals surface area contributed by atoms with Crippen molar-refractivity contribution >= 4 is 28.6 Å². The van der Waals surface area contributed by atoms with E-state index in [2.05, 4.69) is 10.3 Å². The lowest BCUT2D eigenvalue weighted by molar-refractivity contribution is 0.0919. The molecular formula is C15H18N2O2S2. The molecule has 2 atom stereocenters. The standard InChI is InChI=1S/C15H18N2O2S2/c1-9-13(21-15(16-9)12-6-3-7-20-12)14(19)17-11-5-2-4-10(11)8-18/h3,6-7,10-11,18H,2,4-5,8H2,1H3,(H,17,19). The van der Waals surface area contributed by atoms with E-state index in [4.69, 9.17) is 0 Å². The second-order valence-corrected chi connectivity index (χ2v) is 7.31. The average Bonchev–Trinajstić information content (AvgIpc) is 3.17. The Morgan fingerprint density at radius 1 is 1.52 bits per heavy atom. The van der Waals surface area contributed by atoms with Crippen LogP contribution in [0.4, 0.5) is 0 Å². The molecule has 3 rings (SSSR count). The molecule has 4 nitrogen and oxygen atoms in total. The molecule has 0 saturated heterocycles. The molecule has 1 amide bonds. The minimum absolute atomic E-state index is 0.0573. The summed E-state index contributed by atoms with van der Waals surface area (Å²) < 4.78 is 0. The molecule has 1 saturated carbocycles. The molecule has 21 heavy (non-hydrogen) atoms. The Hall–Kier alpha value is -1.24. The van der Waals surface area contributed by atoms with Gasteiger partial charge in [-0.2, -0.15) is 0 Å². The van der Waals surface area contributed by atoms with E-state index in [-0.39, 0.29) is 24.5 Å². The largest absolute Gasteiger partial charge is 0.396 e. The van der Waals surface area contributed by atoms with Crippen molar-refractivity contribution in [3.63, 3.8) is 0 Å². The van der Waals surface area contributed by atoms with E-state index < -0.39 is 0 Å². The van der Waals surface area contributed by atoms with Crippen molar-refractivity contribution in [3.05, 3.63) is 28.1 Å². The van der Waals surface area contributed by atoms with Gasteiger partial charge in [-0.1, -0.05) is 12.5 Å². The average molecular weight is 322 g/mol. The van der Waals surface area contributed by atoms with Gasteiger partial charge in [0.1, 0.15) is 9.88 Å². The summed E-state index contributed by atoms with van der Waals surface area (Å²) in [4.78, 5) is 18.7. The van der Waals surface area contributed by atoms with Crippen LogP contribution in [0.25, 0.3) is 9.88 Å². The van der Waals surface area contributed by atoms with E-state index in [9.17, 15) is 9.90 Å². The highest BCUT2D eigenvalue weighted by molar-refractivity contribution is 7.22. The van der Waals surface area contributed by atoms with Crippen molar-refractivity contribution < 1.29 is 9.90 Å². The summed E-state index contributed by atoms with van der Waals surface area (Å²) in [6.07, 6.45) is 3.01. The number of aliphatic hydroxyl groups is 1. The van der Waals surface area contributed by atoms with Crippen LogP contribution in [0.15, 0.2) is 17.5 Å². The summed E-state index contributed by atoms with van der Waals surface area (Å²) in [5.41, 5.74) is 0.777. The number of carbonyl (C=O) groups excluding carboxylic acids is 1. The summed E-state index contributed by atoms with van der Waals surface area (Å²) in [6.45, 7) is 2.02. The first-order chi connectivity index (χ1) is 10.2. The number of aromatic nitrogens is 1. The van der Waals surface area contributed by atoms with E-state index in [1.165, 1.54) is 11.3 Å². The number of rotatable bonds is 4. The van der Waals surface area contributed by atoms with E-state index in [0.717, 1.165) is 34.8 Å². The van der Waals surface area contributed by atoms with Crippen LogP contribution >= 0.6 is 22.7 Å². The van der Waals surface area contributed by atoms with Crippen molar-refractivity contribution in [3.8, 4) is 9.88 Å². The van der Waals surface area contributed by atoms with Crippen LogP contribution in [-0.4, -0.2) is 28.6 Å². The fourth-order valence-electron chi connectivity index (χ4n) is 2.79. The maximum atomic E-state index is 12.4. The summed E-state index contributed by atoms with van der Waals surface area (Å²) >= 11 is 3.07. The number of aryl methyl sites for hydroxylation is 1. The van der Waals surface area contributed by atoms with Gasteiger partial charge in [0.25, 0.3) is 5.91 Å². The third kappa shape index (κ3) is 3.02. The normalized spacial score (nSPS) is 21.6. The molecule has 1 aliphatic rings. The van der Waals surface area contributed by atoms with Gasteiger partial charge in [-0.25, -0.2) is 4.98 Å². The summed E-state index contributed by atoms with van der Waals surface area (Å²) in [7, 11) is 0. The minimum atomic E-state index is -0.0573. The zero-order valence-electron chi connectivity index (χ0n) is 11.8. The zero-order valence-corrected chi connectivity index (χ0v) is 13.5. The van der Waals surface area contributed by atoms with Gasteiger partial charge in [-0.05, 0) is 31.2 Å². The van der Waals surface area contributed by atoms with Gasteiger partial charge in [-0.15, -0.1) is 22.7 Å². The maximum Gasteiger partial charge on any atom is 0.263 e. The Labute approximate surface area is 131 Å². The third-order valence-corrected chi connectivity index (χ3v) is 6.14. The summed E-state index contributed by atoms with van der Waals surface area (Å²) in [5, 5.41) is 15.3. The van der Waals surface area contributed by atoms with Crippen LogP contribution in [0, 0.1) is 12.8 Å². The molecule has 2 unspecified atom stereocenters. The molecule has 0 aliphatic heterocycles. The van der Waals surface area contributed by atoms with E-state index >= 15 is 0 Å². The highest BCUT2D eigenvalue weighted by Crippen LogP contribution is 2.32. The fourth-order valence-corrected chi connectivity index (χ4v) is 4.56. The predicted molar refractivity (Wildman–Crippen MR) is 85.8 cm³/mol. The lowest BCUT2D eigenvalue weighted by atomic mass is 10.1. The van der Waals surface area contributed by atoms with E-state index in [1.807, 2.05) is 24.4 Å². The molecule has 0 aromatic carbocycles. The van der Waals surface area contributed by atoms with Crippen LogP contribution in [0.1, 0.15) is 34.6 Å². The summed E-state index contributed by atoms with van der Waals surface area (Å²) in [5.74, 6) is 0.136. The first-order valence-electron chi connectivity index (χ1n) is 7.12. The molecule has 0 radical (unpaired) electrons. The highest BCUT2D eigenvalue weighted by atomic mass is 32.1. The molecule has 0 bridgehead atoms. The van der Waals surface area contributed by atoms with E-state index in [1.54, 1.807) is 11.3 Å². The van der Waals surface area contributed by atoms with Crippen molar-refractivity contribution in [1.29, 1.82) is 0 Å².